The lowest BCUT2D eigenvalue weighted by atomic mass is 9.92. The van der Waals surface area contributed by atoms with Gasteiger partial charge < -0.3 is 0 Å². The van der Waals surface area contributed by atoms with Crippen LogP contribution in [0.2, 0.25) is 0 Å². The molecule has 0 heterocycles. The maximum Gasteiger partial charge on any atom is 0.146 e. The van der Waals surface area contributed by atoms with Gasteiger partial charge in [0.05, 0.1) is 6.54 Å². The molecule has 0 N–H and O–H groups in total. The van der Waals surface area contributed by atoms with E-state index in [1.807, 2.05) is 0 Å². The van der Waals surface area contributed by atoms with Crippen molar-refractivity contribution in [2.24, 2.45) is 0 Å². The summed E-state index contributed by atoms with van der Waals surface area (Å²) in [4.78, 5) is 13.5. The molecule has 2 heteroatoms. The van der Waals surface area contributed by atoms with Crippen molar-refractivity contribution < 1.29 is 4.79 Å². The molecule has 0 saturated heterocycles. The number of carbonyl (C=O) groups excluding carboxylic acids is 1. The van der Waals surface area contributed by atoms with Gasteiger partial charge >= 0.3 is 0 Å². The fourth-order valence-corrected chi connectivity index (χ4v) is 1.59. The van der Waals surface area contributed by atoms with Crippen LogP contribution in [0, 0.1) is 0 Å². The molecule has 0 aromatic heterocycles. The molecule has 2 nitrogen and oxygen atoms in total. The summed E-state index contributed by atoms with van der Waals surface area (Å²) in [5.74, 6) is 0.395. The van der Waals surface area contributed by atoms with Gasteiger partial charge in [-0.1, -0.05) is 13.3 Å². The highest BCUT2D eigenvalue weighted by molar-refractivity contribution is 5.80. The molecule has 0 amide bonds. The van der Waals surface area contributed by atoms with Gasteiger partial charge in [0.2, 0.25) is 0 Å². The minimum atomic E-state index is 0.395. The summed E-state index contributed by atoms with van der Waals surface area (Å²) in [6.45, 7) is 2.72. The first-order valence-electron chi connectivity index (χ1n) is 4.96. The average molecular weight is 169 g/mol. The monoisotopic (exact) mass is 169 g/mol. The van der Waals surface area contributed by atoms with Gasteiger partial charge in [-0.3, -0.25) is 9.69 Å². The summed E-state index contributed by atoms with van der Waals surface area (Å²) < 4.78 is 0. The quantitative estimate of drug-likeness (QED) is 0.626. The topological polar surface area (TPSA) is 20.3 Å². The standard InChI is InChI=1S/C10H19NO/c1-3-5-10(12)8-11(2)9-6-4-7-9/h9H,3-8H2,1-2H3. The molecule has 1 fully saturated rings. The Morgan fingerprint density at radius 3 is 2.58 bits per heavy atom. The summed E-state index contributed by atoms with van der Waals surface area (Å²) in [7, 11) is 2.07. The zero-order valence-electron chi connectivity index (χ0n) is 8.18. The highest BCUT2D eigenvalue weighted by Gasteiger charge is 2.22. The SMILES string of the molecule is CCCC(=O)CN(C)C1CCC1. The molecule has 0 atom stereocenters. The lowest BCUT2D eigenvalue weighted by molar-refractivity contribution is -0.120. The van der Waals surface area contributed by atoms with E-state index in [0.717, 1.165) is 12.8 Å². The van der Waals surface area contributed by atoms with E-state index < -0.39 is 0 Å². The van der Waals surface area contributed by atoms with E-state index in [0.29, 0.717) is 18.4 Å². The van der Waals surface area contributed by atoms with Crippen LogP contribution in [0.5, 0.6) is 0 Å². The number of nitrogens with zero attached hydrogens (tertiary/aromatic N) is 1. The number of hydrogen-bond acceptors (Lipinski definition) is 2. The first-order chi connectivity index (χ1) is 5.74. The van der Waals surface area contributed by atoms with E-state index in [9.17, 15) is 4.79 Å². The van der Waals surface area contributed by atoms with Crippen LogP contribution in [0.15, 0.2) is 0 Å². The third-order valence-corrected chi connectivity index (χ3v) is 2.65. The fraction of sp³-hybridized carbons (Fsp3) is 0.900. The van der Waals surface area contributed by atoms with Gasteiger partial charge in [-0.05, 0) is 26.3 Å². The lowest BCUT2D eigenvalue weighted by Gasteiger charge is -2.34. The number of ketones is 1. The first kappa shape index (κ1) is 9.72. The second-order valence-electron chi connectivity index (χ2n) is 3.79. The van der Waals surface area contributed by atoms with Crippen molar-refractivity contribution in [2.45, 2.75) is 45.1 Å². The predicted molar refractivity (Wildman–Crippen MR) is 50.2 cm³/mol. The Labute approximate surface area is 74.9 Å². The maximum absolute atomic E-state index is 11.3. The molecule has 0 radical (unpaired) electrons. The number of Topliss-reactive ketones (excluding diaryl/α,β-unsaturated/α-hetero) is 1. The second kappa shape index (κ2) is 4.61. The van der Waals surface area contributed by atoms with Crippen LogP contribution in [0.25, 0.3) is 0 Å². The van der Waals surface area contributed by atoms with Crippen LogP contribution >= 0.6 is 0 Å². The van der Waals surface area contributed by atoms with Crippen molar-refractivity contribution >= 4 is 5.78 Å². The van der Waals surface area contributed by atoms with Crippen molar-refractivity contribution in [1.82, 2.24) is 4.90 Å². The Bertz CT molecular complexity index is 152. The molecule has 1 aliphatic carbocycles. The van der Waals surface area contributed by atoms with E-state index >= 15 is 0 Å². The third-order valence-electron chi connectivity index (χ3n) is 2.65. The summed E-state index contributed by atoms with van der Waals surface area (Å²) >= 11 is 0. The Morgan fingerprint density at radius 2 is 2.17 bits per heavy atom. The van der Waals surface area contributed by atoms with Crippen molar-refractivity contribution in [3.63, 3.8) is 0 Å². The smallest absolute Gasteiger partial charge is 0.146 e. The van der Waals surface area contributed by atoms with Crippen LogP contribution in [0.4, 0.5) is 0 Å². The third kappa shape index (κ3) is 2.59. The maximum atomic E-state index is 11.3. The molecular formula is C10H19NO. The van der Waals surface area contributed by atoms with Crippen LogP contribution in [-0.4, -0.2) is 30.3 Å². The van der Waals surface area contributed by atoms with Crippen molar-refractivity contribution in [3.05, 3.63) is 0 Å². The summed E-state index contributed by atoms with van der Waals surface area (Å²) in [6, 6.07) is 0.700. The highest BCUT2D eigenvalue weighted by atomic mass is 16.1. The molecule has 12 heavy (non-hydrogen) atoms. The summed E-state index contributed by atoms with van der Waals surface area (Å²) in [6.07, 6.45) is 5.65. The largest absolute Gasteiger partial charge is 0.298 e. The fourth-order valence-electron chi connectivity index (χ4n) is 1.59. The Kier molecular flexibility index (Phi) is 3.73. The second-order valence-corrected chi connectivity index (χ2v) is 3.79. The number of rotatable bonds is 5. The molecule has 1 aliphatic rings. The molecule has 70 valence electrons. The minimum Gasteiger partial charge on any atom is -0.298 e. The van der Waals surface area contributed by atoms with Gasteiger partial charge in [-0.2, -0.15) is 0 Å². The summed E-state index contributed by atoms with van der Waals surface area (Å²) in [5.41, 5.74) is 0. The molecular weight excluding hydrogens is 150 g/mol. The van der Waals surface area contributed by atoms with Crippen LogP contribution in [-0.2, 0) is 4.79 Å². The van der Waals surface area contributed by atoms with E-state index in [1.165, 1.54) is 19.3 Å². The van der Waals surface area contributed by atoms with E-state index in [4.69, 9.17) is 0 Å². The number of hydrogen-bond donors (Lipinski definition) is 0. The van der Waals surface area contributed by atoms with Gasteiger partial charge in [-0.25, -0.2) is 0 Å². The molecule has 1 rings (SSSR count). The predicted octanol–water partition coefficient (Wildman–Crippen LogP) is 1.84. The van der Waals surface area contributed by atoms with Gasteiger partial charge in [0.15, 0.2) is 0 Å². The Balaban J connectivity index is 2.15. The lowest BCUT2D eigenvalue weighted by Crippen LogP contribution is -2.40. The Morgan fingerprint density at radius 1 is 1.50 bits per heavy atom. The Hall–Kier alpha value is -0.370. The van der Waals surface area contributed by atoms with Gasteiger partial charge in [0.1, 0.15) is 5.78 Å². The van der Waals surface area contributed by atoms with Gasteiger partial charge in [-0.15, -0.1) is 0 Å². The van der Waals surface area contributed by atoms with Gasteiger partial charge in [0, 0.05) is 12.5 Å². The van der Waals surface area contributed by atoms with Crippen LogP contribution < -0.4 is 0 Å². The minimum absolute atomic E-state index is 0.395. The van der Waals surface area contributed by atoms with Crippen molar-refractivity contribution in [1.29, 1.82) is 0 Å². The number of carbonyl (C=O) groups is 1. The van der Waals surface area contributed by atoms with Crippen LogP contribution in [0.3, 0.4) is 0 Å². The average Bonchev–Trinajstić information content (AvgIpc) is 1.82. The van der Waals surface area contributed by atoms with Crippen molar-refractivity contribution in [3.8, 4) is 0 Å². The van der Waals surface area contributed by atoms with E-state index in [-0.39, 0.29) is 0 Å². The zero-order chi connectivity index (χ0) is 8.97. The molecule has 1 saturated carbocycles. The summed E-state index contributed by atoms with van der Waals surface area (Å²) in [5, 5.41) is 0. The normalized spacial score (nSPS) is 17.9. The first-order valence-corrected chi connectivity index (χ1v) is 4.96. The van der Waals surface area contributed by atoms with Gasteiger partial charge in [0.25, 0.3) is 0 Å². The zero-order valence-corrected chi connectivity index (χ0v) is 8.18. The highest BCUT2D eigenvalue weighted by Crippen LogP contribution is 2.23. The molecule has 0 bridgehead atoms. The van der Waals surface area contributed by atoms with E-state index in [2.05, 4.69) is 18.9 Å². The molecule has 0 unspecified atom stereocenters. The van der Waals surface area contributed by atoms with Crippen molar-refractivity contribution in [2.75, 3.05) is 13.6 Å². The molecule has 0 spiro atoms. The number of likely N-dealkylation sites (N-methyl/N-ethyl adjacent to an activating group) is 1. The molecule has 0 aromatic carbocycles. The molecule has 0 aromatic rings. The van der Waals surface area contributed by atoms with E-state index in [1.54, 1.807) is 0 Å². The van der Waals surface area contributed by atoms with Crippen LogP contribution in [0.1, 0.15) is 39.0 Å². The molecule has 0 aliphatic heterocycles.